The first-order valence-corrected chi connectivity index (χ1v) is 6.31. The first-order valence-electron chi connectivity index (χ1n) is 6.31. The van der Waals surface area contributed by atoms with E-state index in [0.29, 0.717) is 31.8 Å². The minimum atomic E-state index is -0.254. The highest BCUT2D eigenvalue weighted by Gasteiger charge is 2.36. The first kappa shape index (κ1) is 15.1. The first-order chi connectivity index (χ1) is 8.33. The van der Waals surface area contributed by atoms with E-state index in [9.17, 15) is 4.39 Å². The highest BCUT2D eigenvalue weighted by molar-refractivity contribution is 5.77. The van der Waals surface area contributed by atoms with Gasteiger partial charge in [0, 0.05) is 19.0 Å². The van der Waals surface area contributed by atoms with E-state index in [1.165, 1.54) is 0 Å². The van der Waals surface area contributed by atoms with E-state index < -0.39 is 0 Å². The van der Waals surface area contributed by atoms with Gasteiger partial charge in [0.15, 0.2) is 0 Å². The van der Waals surface area contributed by atoms with E-state index >= 15 is 0 Å². The van der Waals surface area contributed by atoms with E-state index in [4.69, 9.17) is 10.5 Å². The molecule has 1 saturated heterocycles. The molecule has 2 N–H and O–H groups in total. The quantitative estimate of drug-likeness (QED) is 0.606. The SMILES string of the molecule is CC(N)=NCC/C(F)=C\C[C@H]1COC(C)(C)N1C. The molecular weight excluding hydrogens is 233 g/mol. The van der Waals surface area contributed by atoms with Crippen LogP contribution in [0.2, 0.25) is 0 Å². The fraction of sp³-hybridized carbons (Fsp3) is 0.769. The summed E-state index contributed by atoms with van der Waals surface area (Å²) in [6, 6.07) is 0.241. The molecule has 104 valence electrons. The van der Waals surface area contributed by atoms with E-state index in [1.54, 1.807) is 13.0 Å². The number of halogens is 1. The molecule has 0 aromatic carbocycles. The Morgan fingerprint density at radius 3 is 2.78 bits per heavy atom. The van der Waals surface area contributed by atoms with Crippen molar-refractivity contribution in [1.29, 1.82) is 0 Å². The Hall–Kier alpha value is -0.940. The minimum Gasteiger partial charge on any atom is -0.388 e. The van der Waals surface area contributed by atoms with Crippen LogP contribution in [0.4, 0.5) is 4.39 Å². The second-order valence-corrected chi connectivity index (χ2v) is 5.18. The number of rotatable bonds is 5. The lowest BCUT2D eigenvalue weighted by atomic mass is 10.1. The third kappa shape index (κ3) is 4.38. The number of ether oxygens (including phenoxy) is 1. The van der Waals surface area contributed by atoms with Crippen molar-refractivity contribution in [3.05, 3.63) is 11.9 Å². The van der Waals surface area contributed by atoms with Gasteiger partial charge in [0.2, 0.25) is 0 Å². The molecular formula is C13H24FN3O. The Labute approximate surface area is 109 Å². The molecule has 1 aliphatic rings. The molecule has 0 amide bonds. The molecule has 18 heavy (non-hydrogen) atoms. The van der Waals surface area contributed by atoms with Crippen LogP contribution in [-0.2, 0) is 4.74 Å². The molecule has 4 nitrogen and oxygen atoms in total. The molecule has 1 aliphatic heterocycles. The van der Waals surface area contributed by atoms with Gasteiger partial charge in [-0.25, -0.2) is 4.39 Å². The van der Waals surface area contributed by atoms with Crippen molar-refractivity contribution in [2.75, 3.05) is 20.2 Å². The fourth-order valence-electron chi connectivity index (χ4n) is 1.88. The number of nitrogens with two attached hydrogens (primary N) is 1. The molecule has 0 aliphatic carbocycles. The Kier molecular flexibility index (Phi) is 5.28. The molecule has 1 atom stereocenters. The average molecular weight is 257 g/mol. The maximum absolute atomic E-state index is 13.5. The van der Waals surface area contributed by atoms with Gasteiger partial charge in [0.05, 0.1) is 18.3 Å². The summed E-state index contributed by atoms with van der Waals surface area (Å²) in [4.78, 5) is 6.10. The standard InChI is InChI=1S/C13H24FN3O/c1-10(15)16-8-7-11(14)5-6-12-9-18-13(2,3)17(12)4/h5,12H,6-9H2,1-4H3,(H2,15,16)/b11-5+/t12-/m0/s1. The van der Waals surface area contributed by atoms with Gasteiger partial charge < -0.3 is 10.5 Å². The predicted molar refractivity (Wildman–Crippen MR) is 72.2 cm³/mol. The number of nitrogens with zero attached hydrogens (tertiary/aromatic N) is 2. The van der Waals surface area contributed by atoms with Crippen LogP contribution in [0, 0.1) is 0 Å². The second-order valence-electron chi connectivity index (χ2n) is 5.18. The molecule has 1 fully saturated rings. The Bertz CT molecular complexity index is 335. The van der Waals surface area contributed by atoms with Crippen LogP contribution in [0.5, 0.6) is 0 Å². The van der Waals surface area contributed by atoms with Crippen molar-refractivity contribution < 1.29 is 9.13 Å². The van der Waals surface area contributed by atoms with Gasteiger partial charge in [-0.15, -0.1) is 0 Å². The molecule has 0 saturated carbocycles. The summed E-state index contributed by atoms with van der Waals surface area (Å²) in [5.74, 6) is 0.367. The van der Waals surface area contributed by atoms with Crippen LogP contribution in [0.1, 0.15) is 33.6 Å². The van der Waals surface area contributed by atoms with Crippen molar-refractivity contribution in [3.8, 4) is 0 Å². The third-order valence-electron chi connectivity index (χ3n) is 3.35. The van der Waals surface area contributed by atoms with E-state index in [2.05, 4.69) is 9.89 Å². The Morgan fingerprint density at radius 2 is 2.28 bits per heavy atom. The summed E-state index contributed by atoms with van der Waals surface area (Å²) in [6.45, 7) is 6.80. The molecule has 0 unspecified atom stereocenters. The molecule has 1 rings (SSSR count). The molecule has 0 aromatic rings. The van der Waals surface area contributed by atoms with Crippen LogP contribution in [-0.4, -0.2) is 42.7 Å². The van der Waals surface area contributed by atoms with Gasteiger partial charge in [-0.1, -0.05) is 6.08 Å². The summed E-state index contributed by atoms with van der Waals surface area (Å²) in [7, 11) is 2.01. The third-order valence-corrected chi connectivity index (χ3v) is 3.35. The van der Waals surface area contributed by atoms with E-state index in [-0.39, 0.29) is 17.6 Å². The van der Waals surface area contributed by atoms with Crippen molar-refractivity contribution >= 4 is 5.84 Å². The number of likely N-dealkylation sites (N-methyl/N-ethyl adjacent to an activating group) is 1. The summed E-state index contributed by atoms with van der Waals surface area (Å²) >= 11 is 0. The lowest BCUT2D eigenvalue weighted by molar-refractivity contribution is -0.0411. The van der Waals surface area contributed by atoms with Gasteiger partial charge in [-0.2, -0.15) is 0 Å². The maximum atomic E-state index is 13.5. The van der Waals surface area contributed by atoms with Crippen LogP contribution >= 0.6 is 0 Å². The molecule has 0 radical (unpaired) electrons. The number of hydrogen-bond donors (Lipinski definition) is 1. The van der Waals surface area contributed by atoms with E-state index in [1.807, 2.05) is 20.9 Å². The second kappa shape index (κ2) is 6.29. The monoisotopic (exact) mass is 257 g/mol. The average Bonchev–Trinajstić information content (AvgIpc) is 2.51. The largest absolute Gasteiger partial charge is 0.388 e. The van der Waals surface area contributed by atoms with Crippen LogP contribution in [0.25, 0.3) is 0 Å². The van der Waals surface area contributed by atoms with Crippen molar-refractivity contribution in [1.82, 2.24) is 4.90 Å². The number of aliphatic imine (C=N–C) groups is 1. The predicted octanol–water partition coefficient (Wildman–Crippen LogP) is 2.06. The van der Waals surface area contributed by atoms with Gasteiger partial charge in [0.25, 0.3) is 0 Å². The zero-order valence-electron chi connectivity index (χ0n) is 11.7. The highest BCUT2D eigenvalue weighted by atomic mass is 19.1. The highest BCUT2D eigenvalue weighted by Crippen LogP contribution is 2.27. The number of hydrogen-bond acceptors (Lipinski definition) is 3. The zero-order valence-corrected chi connectivity index (χ0v) is 11.7. The Balaban J connectivity index is 2.38. The smallest absolute Gasteiger partial charge is 0.116 e. The Morgan fingerprint density at radius 1 is 1.61 bits per heavy atom. The fourth-order valence-corrected chi connectivity index (χ4v) is 1.88. The summed E-state index contributed by atoms with van der Waals surface area (Å²) < 4.78 is 19.2. The van der Waals surface area contributed by atoms with Crippen molar-refractivity contribution in [3.63, 3.8) is 0 Å². The topological polar surface area (TPSA) is 50.9 Å². The molecule has 0 spiro atoms. The van der Waals surface area contributed by atoms with E-state index in [0.717, 1.165) is 0 Å². The van der Waals surface area contributed by atoms with Crippen molar-refractivity contribution in [2.45, 2.75) is 45.4 Å². The van der Waals surface area contributed by atoms with Crippen LogP contribution in [0.3, 0.4) is 0 Å². The van der Waals surface area contributed by atoms with Gasteiger partial charge in [0.1, 0.15) is 5.72 Å². The van der Waals surface area contributed by atoms with Gasteiger partial charge >= 0.3 is 0 Å². The van der Waals surface area contributed by atoms with Crippen LogP contribution in [0.15, 0.2) is 16.9 Å². The molecule has 0 aromatic heterocycles. The summed E-state index contributed by atoms with van der Waals surface area (Å²) in [5.41, 5.74) is 5.13. The van der Waals surface area contributed by atoms with Gasteiger partial charge in [-0.05, 0) is 34.2 Å². The van der Waals surface area contributed by atoms with Crippen molar-refractivity contribution in [2.24, 2.45) is 10.7 Å². The summed E-state index contributed by atoms with van der Waals surface area (Å²) in [6.07, 6.45) is 2.61. The molecule has 5 heteroatoms. The minimum absolute atomic E-state index is 0.127. The lowest BCUT2D eigenvalue weighted by Gasteiger charge is -2.29. The van der Waals surface area contributed by atoms with Crippen LogP contribution < -0.4 is 5.73 Å². The molecule has 0 bridgehead atoms. The lowest BCUT2D eigenvalue weighted by Crippen LogP contribution is -2.40. The van der Waals surface area contributed by atoms with Gasteiger partial charge in [-0.3, -0.25) is 9.89 Å². The normalized spacial score (nSPS) is 25.7. The molecule has 1 heterocycles. The maximum Gasteiger partial charge on any atom is 0.116 e. The number of amidine groups is 1. The summed E-state index contributed by atoms with van der Waals surface area (Å²) in [5, 5.41) is 0. The zero-order chi connectivity index (χ0) is 13.8.